The number of aliphatic hydroxyl groups is 2. The summed E-state index contributed by atoms with van der Waals surface area (Å²) in [6.07, 6.45) is -4.72. The third-order valence-electron chi connectivity index (χ3n) is 6.02. The van der Waals surface area contributed by atoms with Gasteiger partial charge in [0.15, 0.2) is 23.3 Å². The third-order valence-corrected chi connectivity index (χ3v) is 10.3. The Labute approximate surface area is 219 Å². The average molecular weight is 601 g/mol. The van der Waals surface area contributed by atoms with Crippen LogP contribution in [0.4, 0.5) is 5.95 Å². The lowest BCUT2D eigenvalue weighted by Crippen LogP contribution is -2.43. The SMILES string of the molecule is Nc1nc2c(ncn2C2OC(COP(=O)(O)CP(=O)(O)OC3CCCN(C(=O)CCl)C3)C(O)C2O)c(=O)[nH]1. The summed E-state index contributed by atoms with van der Waals surface area (Å²) < 4.78 is 41.9. The van der Waals surface area contributed by atoms with Crippen LogP contribution < -0.4 is 11.3 Å². The van der Waals surface area contributed by atoms with Crippen molar-refractivity contribution >= 4 is 49.8 Å². The zero-order chi connectivity index (χ0) is 27.8. The van der Waals surface area contributed by atoms with Gasteiger partial charge in [-0.2, -0.15) is 4.98 Å². The number of alkyl halides is 1. The van der Waals surface area contributed by atoms with E-state index < -0.39 is 63.9 Å². The van der Waals surface area contributed by atoms with Gasteiger partial charge in [0.25, 0.3) is 5.56 Å². The Balaban J connectivity index is 1.37. The van der Waals surface area contributed by atoms with Crippen molar-refractivity contribution in [1.82, 2.24) is 24.4 Å². The number of nitrogens with two attached hydrogens (primary N) is 1. The van der Waals surface area contributed by atoms with Crippen LogP contribution in [0.15, 0.2) is 11.1 Å². The van der Waals surface area contributed by atoms with Crippen molar-refractivity contribution in [2.45, 2.75) is 43.5 Å². The molecule has 0 aliphatic carbocycles. The van der Waals surface area contributed by atoms with Gasteiger partial charge in [0.05, 0.1) is 19.0 Å². The van der Waals surface area contributed by atoms with Gasteiger partial charge in [-0.05, 0) is 12.8 Å². The highest BCUT2D eigenvalue weighted by Crippen LogP contribution is 2.59. The van der Waals surface area contributed by atoms with Crippen molar-refractivity contribution in [3.05, 3.63) is 16.7 Å². The number of nitrogens with one attached hydrogen (secondary N) is 1. The number of aromatic nitrogens is 4. The molecule has 1 amide bonds. The molecule has 2 aliphatic rings. The monoisotopic (exact) mass is 600 g/mol. The number of piperidine rings is 1. The molecular weight excluding hydrogens is 574 g/mol. The van der Waals surface area contributed by atoms with E-state index >= 15 is 0 Å². The number of amides is 1. The first-order valence-corrected chi connectivity index (χ1v) is 15.4. The Morgan fingerprint density at radius 2 is 2.03 bits per heavy atom. The summed E-state index contributed by atoms with van der Waals surface area (Å²) in [6, 6.07) is 0. The van der Waals surface area contributed by atoms with Crippen LogP contribution in [0, 0.1) is 0 Å². The lowest BCUT2D eigenvalue weighted by molar-refractivity contribution is -0.131. The summed E-state index contributed by atoms with van der Waals surface area (Å²) in [5.74, 6) is -2.10. The molecule has 0 spiro atoms. The molecule has 38 heavy (non-hydrogen) atoms. The van der Waals surface area contributed by atoms with Gasteiger partial charge in [-0.25, -0.2) is 4.98 Å². The highest BCUT2D eigenvalue weighted by atomic mass is 35.5. The molecule has 2 aliphatic heterocycles. The van der Waals surface area contributed by atoms with E-state index in [0.717, 1.165) is 10.9 Å². The number of hydrogen-bond acceptors (Lipinski definition) is 12. The Bertz CT molecular complexity index is 1340. The van der Waals surface area contributed by atoms with E-state index in [-0.39, 0.29) is 35.4 Å². The summed E-state index contributed by atoms with van der Waals surface area (Å²) in [7, 11) is -9.41. The fourth-order valence-corrected chi connectivity index (χ4v) is 7.87. The van der Waals surface area contributed by atoms with Crippen molar-refractivity contribution < 1.29 is 47.7 Å². The second kappa shape index (κ2) is 11.3. The van der Waals surface area contributed by atoms with Gasteiger partial charge < -0.3 is 44.4 Å². The van der Waals surface area contributed by atoms with Gasteiger partial charge in [-0.3, -0.25) is 28.3 Å². The average Bonchev–Trinajstić information content (AvgIpc) is 3.37. The van der Waals surface area contributed by atoms with E-state index in [2.05, 4.69) is 15.0 Å². The van der Waals surface area contributed by atoms with E-state index in [1.807, 2.05) is 0 Å². The van der Waals surface area contributed by atoms with Crippen molar-refractivity contribution in [1.29, 1.82) is 0 Å². The summed E-state index contributed by atoms with van der Waals surface area (Å²) >= 11 is 5.54. The minimum Gasteiger partial charge on any atom is -0.387 e. The van der Waals surface area contributed by atoms with Gasteiger partial charge in [-0.15, -0.1) is 11.6 Å². The Morgan fingerprint density at radius 3 is 2.74 bits per heavy atom. The number of imidazole rings is 1. The molecule has 4 rings (SSSR count). The Hall–Kier alpha value is -1.91. The number of nitrogens with zero attached hydrogens (tertiary/aromatic N) is 4. The predicted octanol–water partition coefficient (Wildman–Crippen LogP) is -1.09. The van der Waals surface area contributed by atoms with Crippen LogP contribution in [0.25, 0.3) is 11.2 Å². The van der Waals surface area contributed by atoms with Crippen LogP contribution in [-0.4, -0.2) is 106 Å². The predicted molar refractivity (Wildman–Crippen MR) is 130 cm³/mol. The summed E-state index contributed by atoms with van der Waals surface area (Å²) in [4.78, 5) is 55.6. The molecule has 7 atom stereocenters. The van der Waals surface area contributed by atoms with Crippen molar-refractivity contribution in [2.24, 2.45) is 0 Å². The Morgan fingerprint density at radius 1 is 1.29 bits per heavy atom. The molecule has 7 N–H and O–H groups in total. The topological polar surface area (TPSA) is 253 Å². The third kappa shape index (κ3) is 6.45. The molecule has 2 saturated heterocycles. The second-order valence-electron chi connectivity index (χ2n) is 8.88. The molecule has 0 saturated carbocycles. The van der Waals surface area contributed by atoms with Crippen LogP contribution in [0.1, 0.15) is 19.1 Å². The maximum atomic E-state index is 12.6. The lowest BCUT2D eigenvalue weighted by Gasteiger charge is -2.33. The number of H-pyrrole nitrogens is 1. The van der Waals surface area contributed by atoms with Crippen LogP contribution in [0.3, 0.4) is 0 Å². The summed E-state index contributed by atoms with van der Waals surface area (Å²) in [5.41, 5.74) is 4.78. The zero-order valence-electron chi connectivity index (χ0n) is 19.7. The van der Waals surface area contributed by atoms with Gasteiger partial charge in [0, 0.05) is 13.1 Å². The number of halogens is 1. The van der Waals surface area contributed by atoms with Crippen molar-refractivity contribution in [3.8, 4) is 0 Å². The highest BCUT2D eigenvalue weighted by molar-refractivity contribution is 7.70. The molecular formula is C18H27ClN6O11P2. The van der Waals surface area contributed by atoms with Crippen LogP contribution in [0.5, 0.6) is 0 Å². The highest BCUT2D eigenvalue weighted by Gasteiger charge is 2.46. The number of nitrogen functional groups attached to an aromatic ring is 1. The summed E-state index contributed by atoms with van der Waals surface area (Å²) in [6.45, 7) is -0.329. The van der Waals surface area contributed by atoms with E-state index in [1.54, 1.807) is 0 Å². The standard InChI is InChI=1S/C18H27ClN6O11P2/c19-4-11(26)24-3-1-2-9(5-24)36-38(32,33)8-37(30,31)34-6-10-13(27)14(28)17(35-10)25-7-21-12-15(25)22-18(20)23-16(12)29/h7,9-10,13-14,17,27-28H,1-6,8H2,(H,30,31)(H,32,33)(H3,20,22,23,29). The maximum Gasteiger partial charge on any atom is 0.340 e. The first-order chi connectivity index (χ1) is 17.8. The number of hydrogen-bond donors (Lipinski definition) is 6. The molecule has 4 heterocycles. The number of anilines is 1. The van der Waals surface area contributed by atoms with E-state index in [9.17, 15) is 38.7 Å². The minimum absolute atomic E-state index is 0.00335. The maximum absolute atomic E-state index is 12.6. The van der Waals surface area contributed by atoms with Crippen LogP contribution >= 0.6 is 26.8 Å². The molecule has 212 valence electrons. The number of ether oxygens (including phenoxy) is 1. The zero-order valence-corrected chi connectivity index (χ0v) is 22.2. The fourth-order valence-electron chi connectivity index (χ4n) is 4.28. The molecule has 17 nitrogen and oxygen atoms in total. The number of fused-ring (bicyclic) bond motifs is 1. The molecule has 0 bridgehead atoms. The Kier molecular flexibility index (Phi) is 8.64. The molecule has 20 heteroatoms. The second-order valence-corrected chi connectivity index (χ2v) is 13.3. The first-order valence-electron chi connectivity index (χ1n) is 11.3. The molecule has 2 fully saturated rings. The molecule has 2 aromatic heterocycles. The van der Waals surface area contributed by atoms with E-state index in [4.69, 9.17) is 31.1 Å². The molecule has 7 unspecified atom stereocenters. The minimum atomic E-state index is -4.76. The number of carbonyl (C=O) groups is 1. The van der Waals surface area contributed by atoms with E-state index in [1.165, 1.54) is 4.90 Å². The quantitative estimate of drug-likeness (QED) is 0.148. The number of aliphatic hydroxyl groups excluding tert-OH is 2. The van der Waals surface area contributed by atoms with E-state index in [0.29, 0.717) is 19.4 Å². The van der Waals surface area contributed by atoms with Gasteiger partial charge >= 0.3 is 15.2 Å². The van der Waals surface area contributed by atoms with Crippen molar-refractivity contribution in [2.75, 3.05) is 37.2 Å². The fraction of sp³-hybridized carbons (Fsp3) is 0.667. The molecule has 0 aromatic carbocycles. The van der Waals surface area contributed by atoms with Gasteiger partial charge in [0.1, 0.15) is 24.2 Å². The lowest BCUT2D eigenvalue weighted by atomic mass is 10.1. The number of carbonyl (C=O) groups excluding carboxylic acids is 1. The van der Waals surface area contributed by atoms with Gasteiger partial charge in [-0.1, -0.05) is 0 Å². The number of rotatable bonds is 9. The first kappa shape index (κ1) is 29.1. The normalized spacial score (nSPS) is 29.3. The van der Waals surface area contributed by atoms with Crippen molar-refractivity contribution in [3.63, 3.8) is 0 Å². The largest absolute Gasteiger partial charge is 0.387 e. The summed E-state index contributed by atoms with van der Waals surface area (Å²) in [5, 5.41) is 20.9. The van der Waals surface area contributed by atoms with Crippen LogP contribution in [0.2, 0.25) is 0 Å². The number of likely N-dealkylation sites (tertiary alicyclic amines) is 1. The van der Waals surface area contributed by atoms with Crippen LogP contribution in [-0.2, 0) is 27.7 Å². The smallest absolute Gasteiger partial charge is 0.340 e. The molecule has 2 aromatic rings. The number of aromatic amines is 1. The molecule has 0 radical (unpaired) electrons. The van der Waals surface area contributed by atoms with Gasteiger partial charge in [0.2, 0.25) is 11.9 Å².